The molecule has 0 aliphatic rings. The van der Waals surface area contributed by atoms with Gasteiger partial charge >= 0.3 is 5.69 Å². The Labute approximate surface area is 138 Å². The van der Waals surface area contributed by atoms with Gasteiger partial charge in [0, 0.05) is 6.54 Å². The molecule has 0 saturated carbocycles. The van der Waals surface area contributed by atoms with Crippen molar-refractivity contribution in [1.29, 1.82) is 0 Å². The lowest BCUT2D eigenvalue weighted by Crippen LogP contribution is -2.27. The zero-order chi connectivity index (χ0) is 16.9. The third kappa shape index (κ3) is 3.84. The highest BCUT2D eigenvalue weighted by Crippen LogP contribution is 2.12. The smallest absolute Gasteiger partial charge is 0.323 e. The summed E-state index contributed by atoms with van der Waals surface area (Å²) < 4.78 is 5.10. The number of imidazole rings is 1. The Kier molecular flexibility index (Phi) is 4.65. The van der Waals surface area contributed by atoms with Gasteiger partial charge in [0.1, 0.15) is 5.75 Å². The second kappa shape index (κ2) is 7.04. The molecule has 0 unspecified atom stereocenters. The first-order valence-electron chi connectivity index (χ1n) is 7.74. The second-order valence-corrected chi connectivity index (χ2v) is 5.58. The third-order valence-corrected chi connectivity index (χ3v) is 3.84. The van der Waals surface area contributed by atoms with Gasteiger partial charge in [0.05, 0.1) is 24.6 Å². The lowest BCUT2D eigenvalue weighted by molar-refractivity contribution is -0.120. The van der Waals surface area contributed by atoms with E-state index < -0.39 is 0 Å². The Morgan fingerprint density at radius 1 is 1.04 bits per heavy atom. The van der Waals surface area contributed by atoms with Crippen molar-refractivity contribution in [3.05, 3.63) is 64.1 Å². The van der Waals surface area contributed by atoms with Crippen molar-refractivity contribution in [2.45, 2.75) is 12.8 Å². The molecule has 0 saturated heterocycles. The van der Waals surface area contributed by atoms with E-state index in [9.17, 15) is 9.59 Å². The molecule has 0 bridgehead atoms. The molecule has 0 aliphatic heterocycles. The van der Waals surface area contributed by atoms with Crippen LogP contribution in [0.4, 0.5) is 0 Å². The molecule has 6 nitrogen and oxygen atoms in total. The summed E-state index contributed by atoms with van der Waals surface area (Å²) in [6.07, 6.45) is 1.05. The number of rotatable bonds is 6. The summed E-state index contributed by atoms with van der Waals surface area (Å²) in [5.41, 5.74) is 3.35. The Bertz CT molecular complexity index is 894. The van der Waals surface area contributed by atoms with Gasteiger partial charge < -0.3 is 20.0 Å². The van der Waals surface area contributed by atoms with Gasteiger partial charge in [0.15, 0.2) is 0 Å². The molecule has 0 aliphatic carbocycles. The number of H-pyrrole nitrogens is 2. The number of aromatic nitrogens is 2. The first-order valence-corrected chi connectivity index (χ1v) is 7.74. The summed E-state index contributed by atoms with van der Waals surface area (Å²) in [6, 6.07) is 13.2. The normalized spacial score (nSPS) is 10.7. The van der Waals surface area contributed by atoms with Crippen molar-refractivity contribution in [2.24, 2.45) is 0 Å². The van der Waals surface area contributed by atoms with Gasteiger partial charge in [-0.15, -0.1) is 0 Å². The summed E-state index contributed by atoms with van der Waals surface area (Å²) >= 11 is 0. The summed E-state index contributed by atoms with van der Waals surface area (Å²) in [5.74, 6) is 0.758. The van der Waals surface area contributed by atoms with Gasteiger partial charge in [-0.3, -0.25) is 4.79 Å². The largest absolute Gasteiger partial charge is 0.497 e. The minimum atomic E-state index is -0.213. The number of carbonyl (C=O) groups excluding carboxylic acids is 1. The van der Waals surface area contributed by atoms with Crippen molar-refractivity contribution < 1.29 is 9.53 Å². The molecule has 0 radical (unpaired) electrons. The monoisotopic (exact) mass is 325 g/mol. The number of nitrogens with one attached hydrogen (secondary N) is 3. The first kappa shape index (κ1) is 15.9. The van der Waals surface area contributed by atoms with Gasteiger partial charge in [-0.05, 0) is 41.8 Å². The van der Waals surface area contributed by atoms with Crippen LogP contribution in [0.3, 0.4) is 0 Å². The van der Waals surface area contributed by atoms with E-state index in [1.807, 2.05) is 42.5 Å². The maximum absolute atomic E-state index is 12.0. The summed E-state index contributed by atoms with van der Waals surface area (Å²) in [5, 5.41) is 2.91. The van der Waals surface area contributed by atoms with E-state index in [2.05, 4.69) is 15.3 Å². The van der Waals surface area contributed by atoms with Crippen LogP contribution in [0.25, 0.3) is 11.0 Å². The number of benzene rings is 2. The standard InChI is InChI=1S/C18H19N3O3/c1-24-14-5-2-12(3-6-14)11-17(22)19-9-8-13-4-7-15-16(10-13)21-18(23)20-15/h2-7,10H,8-9,11H2,1H3,(H,19,22)(H2,20,21,23). The number of hydrogen-bond acceptors (Lipinski definition) is 3. The summed E-state index contributed by atoms with van der Waals surface area (Å²) in [7, 11) is 1.61. The lowest BCUT2D eigenvalue weighted by atomic mass is 10.1. The SMILES string of the molecule is COc1ccc(CC(=O)NCCc2ccc3[nH]c(=O)[nH]c3c2)cc1. The fourth-order valence-electron chi connectivity index (χ4n) is 2.57. The molecular formula is C18H19N3O3. The number of amides is 1. The maximum atomic E-state index is 12.0. The molecule has 3 aromatic rings. The zero-order valence-corrected chi connectivity index (χ0v) is 13.4. The Hall–Kier alpha value is -3.02. The fraction of sp³-hybridized carbons (Fsp3) is 0.222. The number of ether oxygens (including phenoxy) is 1. The van der Waals surface area contributed by atoms with Crippen molar-refractivity contribution >= 4 is 16.9 Å². The Morgan fingerprint density at radius 3 is 2.50 bits per heavy atom. The average Bonchev–Trinajstić information content (AvgIpc) is 2.95. The van der Waals surface area contributed by atoms with Crippen LogP contribution in [0.15, 0.2) is 47.3 Å². The maximum Gasteiger partial charge on any atom is 0.323 e. The van der Waals surface area contributed by atoms with E-state index in [0.29, 0.717) is 19.4 Å². The molecule has 124 valence electrons. The highest BCUT2D eigenvalue weighted by atomic mass is 16.5. The van der Waals surface area contributed by atoms with Crippen LogP contribution < -0.4 is 15.7 Å². The molecule has 0 atom stereocenters. The van der Waals surface area contributed by atoms with Gasteiger partial charge in [-0.2, -0.15) is 0 Å². The van der Waals surface area contributed by atoms with Gasteiger partial charge in [-0.1, -0.05) is 18.2 Å². The third-order valence-electron chi connectivity index (χ3n) is 3.84. The van der Waals surface area contributed by atoms with Crippen LogP contribution in [0.2, 0.25) is 0 Å². The predicted molar refractivity (Wildman–Crippen MR) is 92.3 cm³/mol. The van der Waals surface area contributed by atoms with Crippen LogP contribution in [0.1, 0.15) is 11.1 Å². The second-order valence-electron chi connectivity index (χ2n) is 5.58. The molecule has 0 spiro atoms. The molecule has 1 amide bonds. The number of carbonyl (C=O) groups is 1. The van der Waals surface area contributed by atoms with Crippen LogP contribution in [-0.2, 0) is 17.6 Å². The average molecular weight is 325 g/mol. The molecule has 2 aromatic carbocycles. The molecule has 0 fully saturated rings. The van der Waals surface area contributed by atoms with Crippen molar-refractivity contribution in [3.63, 3.8) is 0 Å². The van der Waals surface area contributed by atoms with Gasteiger partial charge in [0.25, 0.3) is 0 Å². The Balaban J connectivity index is 1.50. The molecular weight excluding hydrogens is 306 g/mol. The van der Waals surface area contributed by atoms with Crippen LogP contribution in [0, 0.1) is 0 Å². The van der Waals surface area contributed by atoms with Gasteiger partial charge in [0.2, 0.25) is 5.91 Å². The number of fused-ring (bicyclic) bond motifs is 1. The minimum absolute atomic E-state index is 0.0173. The topological polar surface area (TPSA) is 87.0 Å². The van der Waals surface area contributed by atoms with Crippen molar-refractivity contribution in [1.82, 2.24) is 15.3 Å². The highest BCUT2D eigenvalue weighted by Gasteiger charge is 2.04. The van der Waals surface area contributed by atoms with E-state index in [1.54, 1.807) is 7.11 Å². The van der Waals surface area contributed by atoms with Crippen molar-refractivity contribution in [2.75, 3.05) is 13.7 Å². The number of aromatic amines is 2. The minimum Gasteiger partial charge on any atom is -0.497 e. The van der Waals surface area contributed by atoms with E-state index in [-0.39, 0.29) is 11.6 Å². The molecule has 3 rings (SSSR count). The molecule has 3 N–H and O–H groups in total. The fourth-order valence-corrected chi connectivity index (χ4v) is 2.57. The summed E-state index contributed by atoms with van der Waals surface area (Å²) in [4.78, 5) is 28.7. The van der Waals surface area contributed by atoms with E-state index in [0.717, 1.165) is 27.9 Å². The van der Waals surface area contributed by atoms with Crippen molar-refractivity contribution in [3.8, 4) is 5.75 Å². The molecule has 1 aromatic heterocycles. The predicted octanol–water partition coefficient (Wildman–Crippen LogP) is 1.77. The summed E-state index contributed by atoms with van der Waals surface area (Å²) in [6.45, 7) is 0.551. The Morgan fingerprint density at radius 2 is 1.75 bits per heavy atom. The number of methoxy groups -OCH3 is 1. The van der Waals surface area contributed by atoms with Crippen LogP contribution in [-0.4, -0.2) is 29.5 Å². The van der Waals surface area contributed by atoms with E-state index >= 15 is 0 Å². The van der Waals surface area contributed by atoms with Crippen LogP contribution >= 0.6 is 0 Å². The molecule has 6 heteroatoms. The molecule has 1 heterocycles. The zero-order valence-electron chi connectivity index (χ0n) is 13.4. The molecule has 24 heavy (non-hydrogen) atoms. The number of hydrogen-bond donors (Lipinski definition) is 3. The van der Waals surface area contributed by atoms with Crippen LogP contribution in [0.5, 0.6) is 5.75 Å². The first-order chi connectivity index (χ1) is 11.6. The van der Waals surface area contributed by atoms with Gasteiger partial charge in [-0.25, -0.2) is 4.79 Å². The highest BCUT2D eigenvalue weighted by molar-refractivity contribution is 5.78. The quantitative estimate of drug-likeness (QED) is 0.645. The van der Waals surface area contributed by atoms with E-state index in [1.165, 1.54) is 0 Å². The van der Waals surface area contributed by atoms with E-state index in [4.69, 9.17) is 4.74 Å². The lowest BCUT2D eigenvalue weighted by Gasteiger charge is -2.06.